The normalized spacial score (nSPS) is 16.5. The third-order valence-corrected chi connectivity index (χ3v) is 7.98. The fraction of sp³-hybridized carbons (Fsp3) is 0.429. The lowest BCUT2D eigenvalue weighted by molar-refractivity contribution is 0.0886. The van der Waals surface area contributed by atoms with Crippen molar-refractivity contribution in [2.24, 2.45) is 5.10 Å². The molecule has 7 nitrogen and oxygen atoms in total. The maximum atomic E-state index is 13.0. The zero-order valence-corrected chi connectivity index (χ0v) is 25.7. The molecule has 0 unspecified atom stereocenters. The summed E-state index contributed by atoms with van der Waals surface area (Å²) >= 11 is 0. The average molecular weight is 570 g/mol. The lowest BCUT2D eigenvalue weighted by atomic mass is 10.00. The molecule has 2 N–H and O–H groups in total. The summed E-state index contributed by atoms with van der Waals surface area (Å²) in [5.41, 5.74) is 5.36. The van der Waals surface area contributed by atoms with Crippen LogP contribution in [0.1, 0.15) is 81.3 Å². The van der Waals surface area contributed by atoms with Gasteiger partial charge < -0.3 is 20.3 Å². The lowest BCUT2D eigenvalue weighted by Crippen LogP contribution is -2.47. The van der Waals surface area contributed by atoms with Crippen molar-refractivity contribution in [1.82, 2.24) is 15.2 Å². The molecule has 224 valence electrons. The minimum absolute atomic E-state index is 0.00608. The minimum Gasteiger partial charge on any atom is -0.479 e. The predicted molar refractivity (Wildman–Crippen MR) is 173 cm³/mol. The second kappa shape index (κ2) is 15.4. The van der Waals surface area contributed by atoms with Gasteiger partial charge in [-0.2, -0.15) is 5.10 Å². The Bertz CT molecular complexity index is 1280. The van der Waals surface area contributed by atoms with E-state index >= 15 is 0 Å². The highest BCUT2D eigenvalue weighted by molar-refractivity contribution is 6.09. The Labute approximate surface area is 252 Å². The van der Waals surface area contributed by atoms with Crippen LogP contribution in [0, 0.1) is 0 Å². The van der Waals surface area contributed by atoms with Crippen molar-refractivity contribution < 1.29 is 9.53 Å². The second-order valence-electron chi connectivity index (χ2n) is 10.9. The van der Waals surface area contributed by atoms with E-state index in [0.29, 0.717) is 24.8 Å². The molecule has 2 heterocycles. The molecule has 2 aliphatic rings. The van der Waals surface area contributed by atoms with E-state index in [9.17, 15) is 4.79 Å². The van der Waals surface area contributed by atoms with Crippen molar-refractivity contribution in [1.29, 1.82) is 0 Å². The first kappa shape index (κ1) is 31.1. The summed E-state index contributed by atoms with van der Waals surface area (Å²) in [5, 5.41) is 13.4. The molecule has 1 amide bonds. The molecule has 0 atom stereocenters. The summed E-state index contributed by atoms with van der Waals surface area (Å²) in [6.45, 7) is 16.1. The molecule has 1 fully saturated rings. The van der Waals surface area contributed by atoms with E-state index < -0.39 is 0 Å². The Hall–Kier alpha value is -3.84. The van der Waals surface area contributed by atoms with Gasteiger partial charge in [0.15, 0.2) is 5.88 Å². The number of amides is 1. The van der Waals surface area contributed by atoms with Gasteiger partial charge in [0.2, 0.25) is 0 Å². The summed E-state index contributed by atoms with van der Waals surface area (Å²) in [5.74, 6) is 0.760. The molecule has 0 bridgehead atoms. The Morgan fingerprint density at radius 2 is 1.81 bits per heavy atom. The molecule has 2 aromatic carbocycles. The van der Waals surface area contributed by atoms with Gasteiger partial charge in [-0.3, -0.25) is 9.80 Å². The molecular weight excluding hydrogens is 522 g/mol. The van der Waals surface area contributed by atoms with E-state index in [0.717, 1.165) is 66.5 Å². The number of benzene rings is 2. The van der Waals surface area contributed by atoms with Gasteiger partial charge >= 0.3 is 0 Å². The van der Waals surface area contributed by atoms with Gasteiger partial charge in [-0.15, -0.1) is 0 Å². The van der Waals surface area contributed by atoms with Crippen LogP contribution < -0.4 is 10.6 Å². The molecule has 7 heteroatoms. The molecule has 0 spiro atoms. The summed E-state index contributed by atoms with van der Waals surface area (Å²) in [4.78, 5) is 15.6. The molecule has 2 aromatic rings. The lowest BCUT2D eigenvalue weighted by Gasteiger charge is -2.37. The molecule has 42 heavy (non-hydrogen) atoms. The van der Waals surface area contributed by atoms with E-state index in [2.05, 4.69) is 55.0 Å². The molecule has 0 aliphatic carbocycles. The maximum Gasteiger partial charge on any atom is 0.251 e. The van der Waals surface area contributed by atoms with E-state index in [1.165, 1.54) is 12.8 Å². The number of carbonyl (C=O) groups is 1. The summed E-state index contributed by atoms with van der Waals surface area (Å²) in [6.07, 6.45) is 11.3. The number of nitrogens with zero attached hydrogens (tertiary/aromatic N) is 3. The molecule has 0 radical (unpaired) electrons. The van der Waals surface area contributed by atoms with E-state index in [1.54, 1.807) is 0 Å². The van der Waals surface area contributed by atoms with Crippen molar-refractivity contribution in [3.63, 3.8) is 0 Å². The van der Waals surface area contributed by atoms with Gasteiger partial charge in [-0.1, -0.05) is 51.6 Å². The van der Waals surface area contributed by atoms with Crippen LogP contribution in [-0.4, -0.2) is 53.3 Å². The minimum atomic E-state index is -0.00608. The highest BCUT2D eigenvalue weighted by Gasteiger charge is 2.24. The Morgan fingerprint density at radius 3 is 2.48 bits per heavy atom. The van der Waals surface area contributed by atoms with Crippen molar-refractivity contribution in [3.8, 4) is 0 Å². The zero-order valence-electron chi connectivity index (χ0n) is 25.7. The number of allylic oxidation sites excluding steroid dienone is 3. The third-order valence-electron chi connectivity index (χ3n) is 7.98. The number of hydrogen-bond donors (Lipinski definition) is 2. The first-order valence-electron chi connectivity index (χ1n) is 15.5. The SMILES string of the molecule is C=C1C=CC(c2ccc(C(=O)NC3CCN(C(CC)CC)CC3)cc2)=NN1Cc1cccc(N/C(=C\CC)OCC)c1. The number of ether oxygens (including phenoxy) is 1. The molecule has 1 saturated heterocycles. The van der Waals surface area contributed by atoms with Gasteiger partial charge in [-0.05, 0) is 87.1 Å². The van der Waals surface area contributed by atoms with Gasteiger partial charge in [-0.25, -0.2) is 0 Å². The largest absolute Gasteiger partial charge is 0.479 e. The van der Waals surface area contributed by atoms with Crippen molar-refractivity contribution in [2.45, 2.75) is 78.4 Å². The van der Waals surface area contributed by atoms with Crippen LogP contribution in [0.15, 0.2) is 90.0 Å². The van der Waals surface area contributed by atoms with Gasteiger partial charge in [0.05, 0.1) is 24.6 Å². The molecule has 2 aliphatic heterocycles. The number of likely N-dealkylation sites (tertiary alicyclic amines) is 1. The smallest absolute Gasteiger partial charge is 0.251 e. The van der Waals surface area contributed by atoms with E-state index in [4.69, 9.17) is 9.84 Å². The second-order valence-corrected chi connectivity index (χ2v) is 10.9. The Kier molecular flexibility index (Phi) is 11.4. The Morgan fingerprint density at radius 1 is 1.07 bits per heavy atom. The molecular formula is C35H47N5O2. The summed E-state index contributed by atoms with van der Waals surface area (Å²) in [6, 6.07) is 16.9. The predicted octanol–water partition coefficient (Wildman–Crippen LogP) is 7.06. The van der Waals surface area contributed by atoms with Crippen molar-refractivity contribution >= 4 is 17.3 Å². The monoisotopic (exact) mass is 569 g/mol. The van der Waals surface area contributed by atoms with Crippen LogP contribution in [0.3, 0.4) is 0 Å². The highest BCUT2D eigenvalue weighted by Crippen LogP contribution is 2.22. The fourth-order valence-corrected chi connectivity index (χ4v) is 5.60. The molecule has 0 aromatic heterocycles. The van der Waals surface area contributed by atoms with Gasteiger partial charge in [0.25, 0.3) is 5.91 Å². The van der Waals surface area contributed by atoms with Crippen LogP contribution in [0.4, 0.5) is 5.69 Å². The molecule has 0 saturated carbocycles. The average Bonchev–Trinajstić information content (AvgIpc) is 3.00. The Balaban J connectivity index is 1.36. The van der Waals surface area contributed by atoms with Crippen LogP contribution in [0.2, 0.25) is 0 Å². The van der Waals surface area contributed by atoms with Crippen LogP contribution in [0.25, 0.3) is 0 Å². The highest BCUT2D eigenvalue weighted by atomic mass is 16.5. The van der Waals surface area contributed by atoms with Gasteiger partial charge in [0.1, 0.15) is 0 Å². The number of rotatable bonds is 13. The standard InChI is InChI=1S/C35H47N5O2/c1-6-11-34(42-9-4)36-31-13-10-12-27(24-31)25-40-26(5)14-19-33(38-40)28-15-17-29(18-16-28)35(41)37-30-20-22-39(23-21-30)32(7-2)8-3/h10-19,24,30,32,36H,5-9,20-23,25H2,1-4H3,(H,37,41)/b34-11+. The van der Waals surface area contributed by atoms with E-state index in [-0.39, 0.29) is 11.9 Å². The number of carbonyl (C=O) groups excluding carboxylic acids is 1. The first-order valence-corrected chi connectivity index (χ1v) is 15.5. The number of nitrogens with one attached hydrogen (secondary N) is 2. The number of hydrazone groups is 1. The van der Waals surface area contributed by atoms with Crippen LogP contribution in [-0.2, 0) is 11.3 Å². The first-order chi connectivity index (χ1) is 20.4. The van der Waals surface area contributed by atoms with Crippen LogP contribution in [0.5, 0.6) is 0 Å². The maximum absolute atomic E-state index is 13.0. The van der Waals surface area contributed by atoms with Crippen molar-refractivity contribution in [2.75, 3.05) is 25.0 Å². The number of anilines is 1. The van der Waals surface area contributed by atoms with Gasteiger partial charge in [0, 0.05) is 42.0 Å². The fourth-order valence-electron chi connectivity index (χ4n) is 5.60. The number of piperidine rings is 1. The zero-order chi connectivity index (χ0) is 29.9. The molecule has 4 rings (SSSR count). The van der Waals surface area contributed by atoms with E-state index in [1.807, 2.05) is 66.6 Å². The third kappa shape index (κ3) is 8.35. The quantitative estimate of drug-likeness (QED) is 0.253. The number of hydrogen-bond acceptors (Lipinski definition) is 6. The summed E-state index contributed by atoms with van der Waals surface area (Å²) in [7, 11) is 0. The summed E-state index contributed by atoms with van der Waals surface area (Å²) < 4.78 is 5.70. The topological polar surface area (TPSA) is 69.2 Å². The van der Waals surface area contributed by atoms with Crippen LogP contribution >= 0.6 is 0 Å². The van der Waals surface area contributed by atoms with Crippen molar-refractivity contribution in [3.05, 3.63) is 102 Å².